The minimum atomic E-state index is -0.489. The Kier molecular flexibility index (Phi) is 6.72. The van der Waals surface area contributed by atoms with Gasteiger partial charge in [0.1, 0.15) is 6.33 Å². The van der Waals surface area contributed by atoms with Crippen molar-refractivity contribution in [3.63, 3.8) is 0 Å². The Labute approximate surface area is 191 Å². The van der Waals surface area contributed by atoms with Crippen molar-refractivity contribution in [2.75, 3.05) is 26.3 Å². The number of rotatable bonds is 6. The summed E-state index contributed by atoms with van der Waals surface area (Å²) in [6.45, 7) is 13.2. The average Bonchev–Trinajstić information content (AvgIpc) is 3.12. The molecule has 1 aliphatic heterocycles. The molecule has 0 atom stereocenters. The lowest BCUT2D eigenvalue weighted by Crippen LogP contribution is -2.34. The van der Waals surface area contributed by atoms with E-state index in [0.717, 1.165) is 64.4 Å². The van der Waals surface area contributed by atoms with Crippen LogP contribution in [0, 0.1) is 19.8 Å². The zero-order valence-electron chi connectivity index (χ0n) is 18.6. The highest BCUT2D eigenvalue weighted by molar-refractivity contribution is 7.11. The van der Waals surface area contributed by atoms with Gasteiger partial charge in [0.15, 0.2) is 0 Å². The Morgan fingerprint density at radius 1 is 1.25 bits per heavy atom. The molecule has 0 bridgehead atoms. The average molecular weight is 452 g/mol. The van der Waals surface area contributed by atoms with E-state index in [1.54, 1.807) is 23.5 Å². The van der Waals surface area contributed by atoms with Crippen molar-refractivity contribution in [2.24, 2.45) is 0 Å². The van der Waals surface area contributed by atoms with E-state index in [2.05, 4.69) is 38.3 Å². The largest absolute Gasteiger partial charge is 0.378 e. The summed E-state index contributed by atoms with van der Waals surface area (Å²) in [6.07, 6.45) is 7.20. The van der Waals surface area contributed by atoms with Crippen LogP contribution in [0.3, 0.4) is 0 Å². The van der Waals surface area contributed by atoms with Crippen LogP contribution in [0.25, 0.3) is 23.4 Å². The van der Waals surface area contributed by atoms with Crippen LogP contribution in [0.4, 0.5) is 4.39 Å². The maximum absolute atomic E-state index is 14.5. The van der Waals surface area contributed by atoms with E-state index in [9.17, 15) is 4.39 Å². The van der Waals surface area contributed by atoms with Crippen molar-refractivity contribution in [1.29, 1.82) is 0 Å². The molecule has 0 spiro atoms. The van der Waals surface area contributed by atoms with Crippen molar-refractivity contribution in [3.05, 3.63) is 69.2 Å². The molecule has 6 nitrogen and oxygen atoms in total. The second kappa shape index (κ2) is 9.67. The molecule has 0 aromatic carbocycles. The van der Waals surface area contributed by atoms with Crippen LogP contribution < -0.4 is 0 Å². The van der Waals surface area contributed by atoms with E-state index in [-0.39, 0.29) is 0 Å². The minimum Gasteiger partial charge on any atom is -0.378 e. The summed E-state index contributed by atoms with van der Waals surface area (Å²) in [5.41, 5.74) is 5.54. The Morgan fingerprint density at radius 2 is 2.03 bits per heavy atom. The fraction of sp³-hybridized carbons (Fsp3) is 0.333. The van der Waals surface area contributed by atoms with Crippen LogP contribution in [-0.2, 0) is 11.2 Å². The number of pyridine rings is 1. The van der Waals surface area contributed by atoms with Gasteiger partial charge in [-0.3, -0.25) is 0 Å². The second-order valence-corrected chi connectivity index (χ2v) is 9.00. The van der Waals surface area contributed by atoms with Crippen LogP contribution in [0.15, 0.2) is 30.9 Å². The quantitative estimate of drug-likeness (QED) is 0.507. The molecule has 4 heterocycles. The van der Waals surface area contributed by atoms with E-state index in [0.29, 0.717) is 17.7 Å². The molecule has 32 heavy (non-hydrogen) atoms. The Bertz CT molecular complexity index is 1150. The molecule has 1 aliphatic rings. The monoisotopic (exact) mass is 451 g/mol. The predicted molar refractivity (Wildman–Crippen MR) is 126 cm³/mol. The summed E-state index contributed by atoms with van der Waals surface area (Å²) < 4.78 is 19.9. The van der Waals surface area contributed by atoms with Gasteiger partial charge >= 0.3 is 0 Å². The van der Waals surface area contributed by atoms with Crippen LogP contribution in [0.5, 0.6) is 0 Å². The molecule has 0 N–H and O–H groups in total. The molecular weight excluding hydrogens is 425 g/mol. The number of morpholine rings is 1. The summed E-state index contributed by atoms with van der Waals surface area (Å²) in [6, 6.07) is 1.80. The molecule has 0 amide bonds. The lowest BCUT2D eigenvalue weighted by Gasteiger charge is -2.29. The number of hydrogen-bond donors (Lipinski definition) is 0. The number of allylic oxidation sites excluding steroid dienone is 1. The van der Waals surface area contributed by atoms with E-state index < -0.39 is 5.95 Å². The first-order valence-electron chi connectivity index (χ1n) is 10.5. The van der Waals surface area contributed by atoms with Gasteiger partial charge in [-0.05, 0) is 32.9 Å². The molecule has 0 saturated carbocycles. The van der Waals surface area contributed by atoms with Gasteiger partial charge in [-0.1, -0.05) is 12.7 Å². The molecular formula is C24H26FN5OS. The van der Waals surface area contributed by atoms with Crippen molar-refractivity contribution in [3.8, 4) is 11.3 Å². The fourth-order valence-corrected chi connectivity index (χ4v) is 4.64. The summed E-state index contributed by atoms with van der Waals surface area (Å²) in [5, 5.41) is 0.870. The predicted octanol–water partition coefficient (Wildman–Crippen LogP) is 4.68. The number of ether oxygens (including phenoxy) is 1. The van der Waals surface area contributed by atoms with Crippen LogP contribution in [0.1, 0.15) is 39.3 Å². The molecule has 8 heteroatoms. The lowest BCUT2D eigenvalue weighted by atomic mass is 10.0. The van der Waals surface area contributed by atoms with Crippen molar-refractivity contribution in [2.45, 2.75) is 27.2 Å². The molecule has 0 radical (unpaired) electrons. The molecule has 1 saturated heterocycles. The van der Waals surface area contributed by atoms with Gasteiger partial charge in [-0.15, -0.1) is 11.3 Å². The van der Waals surface area contributed by atoms with E-state index in [1.807, 2.05) is 19.9 Å². The molecule has 3 aromatic rings. The third-order valence-electron chi connectivity index (χ3n) is 5.57. The van der Waals surface area contributed by atoms with Gasteiger partial charge in [-0.2, -0.15) is 4.39 Å². The van der Waals surface area contributed by atoms with Gasteiger partial charge in [0.2, 0.25) is 5.95 Å². The topological polar surface area (TPSA) is 64.0 Å². The van der Waals surface area contributed by atoms with Crippen molar-refractivity contribution < 1.29 is 9.13 Å². The standard InChI is InChI=1S/C24H26FN5OS/c1-5-20-21(10-15(2)30-6-8-31-9-7-30)27-14-28-23(20)19-11-18(24(25)26-13-19)12-22-29-16(3)17(4)32-22/h5,10-11,13-14H,1,6-9,12H2,2-4H3/b15-10+. The number of aryl methyl sites for hydroxylation is 2. The number of hydrogen-bond acceptors (Lipinski definition) is 7. The molecule has 0 aliphatic carbocycles. The van der Waals surface area contributed by atoms with Gasteiger partial charge < -0.3 is 9.64 Å². The Balaban J connectivity index is 1.69. The summed E-state index contributed by atoms with van der Waals surface area (Å²) >= 11 is 1.58. The molecule has 4 rings (SSSR count). The fourth-order valence-electron chi connectivity index (χ4n) is 3.69. The van der Waals surface area contributed by atoms with Crippen LogP contribution in [-0.4, -0.2) is 51.1 Å². The summed E-state index contributed by atoms with van der Waals surface area (Å²) in [7, 11) is 0. The highest BCUT2D eigenvalue weighted by atomic mass is 32.1. The van der Waals surface area contributed by atoms with Crippen molar-refractivity contribution in [1.82, 2.24) is 24.8 Å². The van der Waals surface area contributed by atoms with Gasteiger partial charge in [0.05, 0.1) is 35.3 Å². The number of halogens is 1. The third-order valence-corrected chi connectivity index (χ3v) is 6.65. The molecule has 3 aromatic heterocycles. The normalized spacial score (nSPS) is 14.6. The second-order valence-electron chi connectivity index (χ2n) is 7.71. The molecule has 166 valence electrons. The number of aromatic nitrogens is 4. The SMILES string of the molecule is C=Cc1c(/C=C(\C)N2CCOCC2)ncnc1-c1cnc(F)c(Cc2nc(C)c(C)s2)c1. The minimum absolute atomic E-state index is 0.392. The molecule has 0 unspecified atom stereocenters. The van der Waals surface area contributed by atoms with E-state index >= 15 is 0 Å². The number of thiazole rings is 1. The third kappa shape index (κ3) is 4.76. The first-order valence-corrected chi connectivity index (χ1v) is 11.3. The Hall–Kier alpha value is -2.97. The number of nitrogens with zero attached hydrogens (tertiary/aromatic N) is 5. The summed E-state index contributed by atoms with van der Waals surface area (Å²) in [5.74, 6) is -0.489. The highest BCUT2D eigenvalue weighted by Crippen LogP contribution is 2.28. The van der Waals surface area contributed by atoms with E-state index in [1.165, 1.54) is 12.5 Å². The highest BCUT2D eigenvalue weighted by Gasteiger charge is 2.16. The summed E-state index contributed by atoms with van der Waals surface area (Å²) in [4.78, 5) is 20.9. The zero-order chi connectivity index (χ0) is 22.7. The maximum Gasteiger partial charge on any atom is 0.216 e. The smallest absolute Gasteiger partial charge is 0.216 e. The zero-order valence-corrected chi connectivity index (χ0v) is 19.4. The Morgan fingerprint density at radius 3 is 2.72 bits per heavy atom. The van der Waals surface area contributed by atoms with Gasteiger partial charge in [-0.25, -0.2) is 19.9 Å². The van der Waals surface area contributed by atoms with Crippen molar-refractivity contribution >= 4 is 23.5 Å². The molecule has 1 fully saturated rings. The van der Waals surface area contributed by atoms with Crippen LogP contribution >= 0.6 is 11.3 Å². The van der Waals surface area contributed by atoms with Gasteiger partial charge in [0.25, 0.3) is 0 Å². The van der Waals surface area contributed by atoms with E-state index in [4.69, 9.17) is 4.74 Å². The van der Waals surface area contributed by atoms with Crippen LogP contribution in [0.2, 0.25) is 0 Å². The first-order chi connectivity index (χ1) is 15.5. The lowest BCUT2D eigenvalue weighted by molar-refractivity contribution is 0.0542. The maximum atomic E-state index is 14.5. The first kappa shape index (κ1) is 22.2. The van der Waals surface area contributed by atoms with Gasteiger partial charge in [0, 0.05) is 53.0 Å².